The van der Waals surface area contributed by atoms with Gasteiger partial charge in [-0.25, -0.2) is 4.98 Å². The number of thiazole rings is 1. The van der Waals surface area contributed by atoms with Crippen LogP contribution >= 0.6 is 11.3 Å². The lowest BCUT2D eigenvalue weighted by Gasteiger charge is -2.12. The van der Waals surface area contributed by atoms with Crippen LogP contribution in [0.25, 0.3) is 0 Å². The van der Waals surface area contributed by atoms with Crippen molar-refractivity contribution in [3.05, 3.63) is 27.7 Å². The second-order valence-corrected chi connectivity index (χ2v) is 5.39. The smallest absolute Gasteiger partial charge is 0.270 e. The number of hydrogen-bond acceptors (Lipinski definition) is 4. The number of amides is 1. The van der Waals surface area contributed by atoms with Gasteiger partial charge in [-0.05, 0) is 32.1 Å². The first-order valence-electron chi connectivity index (χ1n) is 6.40. The maximum absolute atomic E-state index is 11.8. The van der Waals surface area contributed by atoms with Crippen molar-refractivity contribution < 1.29 is 4.79 Å². The fourth-order valence-corrected chi connectivity index (χ4v) is 2.72. The molecule has 0 aromatic carbocycles. The lowest BCUT2D eigenvalue weighted by Crippen LogP contribution is -2.25. The average Bonchev–Trinajstić information content (AvgIpc) is 2.89. The van der Waals surface area contributed by atoms with Gasteiger partial charge in [0, 0.05) is 18.5 Å². The molecule has 0 saturated heterocycles. The molecule has 0 unspecified atom stereocenters. The lowest BCUT2D eigenvalue weighted by atomic mass is 9.97. The zero-order chi connectivity index (χ0) is 12.8. The average molecular weight is 265 g/mol. The molecule has 18 heavy (non-hydrogen) atoms. The molecule has 98 valence electrons. The SMILES string of the molecule is NCc1nc(C(=O)NCCC2=CCCCC2)cs1. The first-order chi connectivity index (χ1) is 8.79. The van der Waals surface area contributed by atoms with Gasteiger partial charge in [-0.1, -0.05) is 11.6 Å². The second kappa shape index (κ2) is 6.66. The van der Waals surface area contributed by atoms with E-state index in [-0.39, 0.29) is 5.91 Å². The summed E-state index contributed by atoms with van der Waals surface area (Å²) < 4.78 is 0. The summed E-state index contributed by atoms with van der Waals surface area (Å²) in [7, 11) is 0. The summed E-state index contributed by atoms with van der Waals surface area (Å²) in [6.07, 6.45) is 8.23. The molecule has 1 aromatic rings. The molecule has 1 aliphatic carbocycles. The summed E-state index contributed by atoms with van der Waals surface area (Å²) in [5.41, 5.74) is 7.43. The normalized spacial score (nSPS) is 15.3. The first-order valence-corrected chi connectivity index (χ1v) is 7.28. The standard InChI is InChI=1S/C13H19N3OS/c14-8-12-16-11(9-18-12)13(17)15-7-6-10-4-2-1-3-5-10/h4,9H,1-3,5-8,14H2,(H,15,17). The van der Waals surface area contributed by atoms with E-state index >= 15 is 0 Å². The highest BCUT2D eigenvalue weighted by atomic mass is 32.1. The Hall–Kier alpha value is -1.20. The number of allylic oxidation sites excluding steroid dienone is 1. The van der Waals surface area contributed by atoms with Crippen molar-refractivity contribution in [3.63, 3.8) is 0 Å². The molecule has 0 bridgehead atoms. The van der Waals surface area contributed by atoms with Crippen LogP contribution in [0.1, 0.15) is 47.6 Å². The maximum atomic E-state index is 11.8. The highest BCUT2D eigenvalue weighted by Crippen LogP contribution is 2.19. The van der Waals surface area contributed by atoms with Crippen molar-refractivity contribution in [2.24, 2.45) is 5.73 Å². The van der Waals surface area contributed by atoms with Crippen molar-refractivity contribution in [2.45, 2.75) is 38.6 Å². The van der Waals surface area contributed by atoms with Crippen LogP contribution in [0.4, 0.5) is 0 Å². The molecule has 1 aromatic heterocycles. The highest BCUT2D eigenvalue weighted by molar-refractivity contribution is 7.09. The summed E-state index contributed by atoms with van der Waals surface area (Å²) in [5, 5.41) is 5.47. The minimum Gasteiger partial charge on any atom is -0.350 e. The van der Waals surface area contributed by atoms with Crippen molar-refractivity contribution in [1.82, 2.24) is 10.3 Å². The Balaban J connectivity index is 1.76. The molecule has 4 nitrogen and oxygen atoms in total. The van der Waals surface area contributed by atoms with E-state index in [1.165, 1.54) is 42.6 Å². The van der Waals surface area contributed by atoms with Gasteiger partial charge in [-0.3, -0.25) is 4.79 Å². The summed E-state index contributed by atoms with van der Waals surface area (Å²) >= 11 is 1.43. The summed E-state index contributed by atoms with van der Waals surface area (Å²) in [6.45, 7) is 1.09. The molecule has 1 amide bonds. The molecule has 0 saturated carbocycles. The molecule has 0 atom stereocenters. The topological polar surface area (TPSA) is 68.0 Å². The van der Waals surface area contributed by atoms with E-state index in [0.29, 0.717) is 18.8 Å². The molecule has 1 heterocycles. The van der Waals surface area contributed by atoms with Gasteiger partial charge < -0.3 is 11.1 Å². The molecular formula is C13H19N3OS. The maximum Gasteiger partial charge on any atom is 0.270 e. The predicted molar refractivity (Wildman–Crippen MR) is 73.5 cm³/mol. The Morgan fingerprint density at radius 2 is 2.39 bits per heavy atom. The number of carbonyl (C=O) groups is 1. The number of nitrogens with one attached hydrogen (secondary N) is 1. The largest absolute Gasteiger partial charge is 0.350 e. The molecule has 0 spiro atoms. The van der Waals surface area contributed by atoms with Gasteiger partial charge >= 0.3 is 0 Å². The van der Waals surface area contributed by atoms with Crippen LogP contribution in [0.2, 0.25) is 0 Å². The van der Waals surface area contributed by atoms with Gasteiger partial charge in [-0.2, -0.15) is 0 Å². The number of nitrogens with two attached hydrogens (primary N) is 1. The molecule has 0 aliphatic heterocycles. The van der Waals surface area contributed by atoms with Crippen molar-refractivity contribution in [2.75, 3.05) is 6.54 Å². The van der Waals surface area contributed by atoms with Crippen LogP contribution in [0.15, 0.2) is 17.0 Å². The Morgan fingerprint density at radius 3 is 3.06 bits per heavy atom. The van der Waals surface area contributed by atoms with Crippen LogP contribution in [0.5, 0.6) is 0 Å². The molecular weight excluding hydrogens is 246 g/mol. The van der Waals surface area contributed by atoms with Crippen LogP contribution in [0.3, 0.4) is 0 Å². The van der Waals surface area contributed by atoms with E-state index in [1.54, 1.807) is 5.38 Å². The number of nitrogens with zero attached hydrogens (tertiary/aromatic N) is 1. The second-order valence-electron chi connectivity index (χ2n) is 4.44. The van der Waals surface area contributed by atoms with E-state index in [2.05, 4.69) is 16.4 Å². The Labute approximate surface area is 111 Å². The molecule has 0 fully saturated rings. The Kier molecular flexibility index (Phi) is 4.90. The fourth-order valence-electron chi connectivity index (χ4n) is 2.07. The van der Waals surface area contributed by atoms with Gasteiger partial charge in [0.05, 0.1) is 0 Å². The Morgan fingerprint density at radius 1 is 1.50 bits per heavy atom. The lowest BCUT2D eigenvalue weighted by molar-refractivity contribution is 0.0949. The van der Waals surface area contributed by atoms with Gasteiger partial charge in [0.2, 0.25) is 0 Å². The number of carbonyl (C=O) groups excluding carboxylic acids is 1. The summed E-state index contributed by atoms with van der Waals surface area (Å²) in [5.74, 6) is -0.0950. The highest BCUT2D eigenvalue weighted by Gasteiger charge is 2.10. The Bertz CT molecular complexity index is 439. The third-order valence-corrected chi connectivity index (χ3v) is 3.95. The zero-order valence-corrected chi connectivity index (χ0v) is 11.3. The summed E-state index contributed by atoms with van der Waals surface area (Å²) in [6, 6.07) is 0. The van der Waals surface area contributed by atoms with Crippen molar-refractivity contribution in [1.29, 1.82) is 0 Å². The van der Waals surface area contributed by atoms with Crippen molar-refractivity contribution >= 4 is 17.2 Å². The quantitative estimate of drug-likeness (QED) is 0.802. The van der Waals surface area contributed by atoms with E-state index in [4.69, 9.17) is 5.73 Å². The number of rotatable bonds is 5. The third kappa shape index (κ3) is 3.65. The van der Waals surface area contributed by atoms with E-state index in [0.717, 1.165) is 11.4 Å². The monoisotopic (exact) mass is 265 g/mol. The molecule has 1 aliphatic rings. The van der Waals surface area contributed by atoms with Gasteiger partial charge in [0.1, 0.15) is 10.7 Å². The van der Waals surface area contributed by atoms with Gasteiger partial charge in [0.15, 0.2) is 0 Å². The minimum atomic E-state index is -0.0950. The number of hydrogen-bond donors (Lipinski definition) is 2. The van der Waals surface area contributed by atoms with Gasteiger partial charge in [0.25, 0.3) is 5.91 Å². The third-order valence-electron chi connectivity index (χ3n) is 3.08. The van der Waals surface area contributed by atoms with Crippen LogP contribution in [-0.2, 0) is 6.54 Å². The van der Waals surface area contributed by atoms with Crippen LogP contribution in [0, 0.1) is 0 Å². The van der Waals surface area contributed by atoms with E-state index < -0.39 is 0 Å². The number of aromatic nitrogens is 1. The van der Waals surface area contributed by atoms with Crippen LogP contribution < -0.4 is 11.1 Å². The van der Waals surface area contributed by atoms with Gasteiger partial charge in [-0.15, -0.1) is 11.3 Å². The van der Waals surface area contributed by atoms with E-state index in [1.807, 2.05) is 0 Å². The zero-order valence-electron chi connectivity index (χ0n) is 10.4. The predicted octanol–water partition coefficient (Wildman–Crippen LogP) is 2.22. The van der Waals surface area contributed by atoms with E-state index in [9.17, 15) is 4.79 Å². The molecule has 3 N–H and O–H groups in total. The molecule has 2 rings (SSSR count). The first kappa shape index (κ1) is 13.2. The summed E-state index contributed by atoms with van der Waals surface area (Å²) in [4.78, 5) is 15.9. The fraction of sp³-hybridized carbons (Fsp3) is 0.538. The molecule has 5 heteroatoms. The van der Waals surface area contributed by atoms with Crippen LogP contribution in [-0.4, -0.2) is 17.4 Å². The molecule has 0 radical (unpaired) electrons. The van der Waals surface area contributed by atoms with Crippen molar-refractivity contribution in [3.8, 4) is 0 Å². The minimum absolute atomic E-state index is 0.0950.